The zero-order chi connectivity index (χ0) is 11.4. The number of hydrogen-bond acceptors (Lipinski definition) is 3. The van der Waals surface area contributed by atoms with E-state index in [1.54, 1.807) is 6.92 Å². The lowest BCUT2D eigenvalue weighted by molar-refractivity contribution is -0.139. The van der Waals surface area contributed by atoms with Crippen molar-refractivity contribution < 1.29 is 27.1 Å². The van der Waals surface area contributed by atoms with Gasteiger partial charge in [0.15, 0.2) is 0 Å². The topological polar surface area (TPSA) is 83.5 Å². The molecule has 0 fully saturated rings. The van der Waals surface area contributed by atoms with Crippen molar-refractivity contribution in [2.24, 2.45) is 0 Å². The maximum Gasteiger partial charge on any atom is 0.350 e. The quantitative estimate of drug-likeness (QED) is 0.692. The van der Waals surface area contributed by atoms with Gasteiger partial charge in [-0.05, 0) is 6.42 Å². The van der Waals surface area contributed by atoms with Crippen molar-refractivity contribution in [2.45, 2.75) is 31.6 Å². The fourth-order valence-electron chi connectivity index (χ4n) is 0.771. The maximum absolute atomic E-state index is 11.8. The predicted molar refractivity (Wildman–Crippen MR) is 44.4 cm³/mol. The molecule has 0 unspecified atom stereocenters. The van der Waals surface area contributed by atoms with Gasteiger partial charge in [-0.3, -0.25) is 4.79 Å². The molecule has 0 saturated carbocycles. The summed E-state index contributed by atoms with van der Waals surface area (Å²) >= 11 is 0. The SMILES string of the molecule is CCC[C@@H](NS(=O)(=O)C(F)F)C(=O)O. The summed E-state index contributed by atoms with van der Waals surface area (Å²) in [7, 11) is -4.83. The summed E-state index contributed by atoms with van der Waals surface area (Å²) in [6.45, 7) is 1.62. The first-order chi connectivity index (χ1) is 6.31. The normalized spacial score (nSPS) is 14.3. The van der Waals surface area contributed by atoms with Crippen molar-refractivity contribution in [1.82, 2.24) is 4.72 Å². The van der Waals surface area contributed by atoms with Gasteiger partial charge in [-0.1, -0.05) is 13.3 Å². The smallest absolute Gasteiger partial charge is 0.350 e. The fraction of sp³-hybridized carbons (Fsp3) is 0.833. The molecule has 0 rings (SSSR count). The van der Waals surface area contributed by atoms with E-state index in [4.69, 9.17) is 5.11 Å². The van der Waals surface area contributed by atoms with E-state index >= 15 is 0 Å². The molecule has 0 aliphatic rings. The van der Waals surface area contributed by atoms with Gasteiger partial charge in [0, 0.05) is 0 Å². The molecular formula is C6H11F2NO4S. The van der Waals surface area contributed by atoms with E-state index in [9.17, 15) is 22.0 Å². The number of hydrogen-bond donors (Lipinski definition) is 2. The van der Waals surface area contributed by atoms with Crippen molar-refractivity contribution in [3.8, 4) is 0 Å². The number of carbonyl (C=O) groups is 1. The molecule has 84 valence electrons. The van der Waals surface area contributed by atoms with Crippen LogP contribution < -0.4 is 4.72 Å². The number of rotatable bonds is 6. The van der Waals surface area contributed by atoms with Crippen LogP contribution in [0.15, 0.2) is 0 Å². The molecule has 0 spiro atoms. The van der Waals surface area contributed by atoms with Crippen LogP contribution in [0.1, 0.15) is 19.8 Å². The summed E-state index contributed by atoms with van der Waals surface area (Å²) in [5.41, 5.74) is 0. The molecule has 0 saturated heterocycles. The van der Waals surface area contributed by atoms with E-state index < -0.39 is 27.8 Å². The Morgan fingerprint density at radius 1 is 1.50 bits per heavy atom. The van der Waals surface area contributed by atoms with Gasteiger partial charge in [-0.2, -0.15) is 13.5 Å². The third-order valence-corrected chi connectivity index (χ3v) is 2.50. The van der Waals surface area contributed by atoms with Crippen molar-refractivity contribution >= 4 is 16.0 Å². The molecule has 8 heteroatoms. The summed E-state index contributed by atoms with van der Waals surface area (Å²) in [6, 6.07) is -1.49. The Morgan fingerprint density at radius 2 is 2.00 bits per heavy atom. The third-order valence-electron chi connectivity index (χ3n) is 1.42. The molecule has 1 atom stereocenters. The summed E-state index contributed by atoms with van der Waals surface area (Å²) in [6.07, 6.45) is 0.351. The van der Waals surface area contributed by atoms with Crippen molar-refractivity contribution in [2.75, 3.05) is 0 Å². The Kier molecular flexibility index (Phi) is 4.92. The Morgan fingerprint density at radius 3 is 2.29 bits per heavy atom. The van der Waals surface area contributed by atoms with Crippen LogP contribution in [-0.2, 0) is 14.8 Å². The minimum Gasteiger partial charge on any atom is -0.480 e. The highest BCUT2D eigenvalue weighted by atomic mass is 32.2. The third kappa shape index (κ3) is 3.97. The number of carboxylic acid groups (broad SMARTS) is 1. The summed E-state index contributed by atoms with van der Waals surface area (Å²) in [4.78, 5) is 10.4. The maximum atomic E-state index is 11.8. The van der Waals surface area contributed by atoms with Crippen LogP contribution in [0.4, 0.5) is 8.78 Å². The van der Waals surface area contributed by atoms with Gasteiger partial charge in [0.05, 0.1) is 0 Å². The van der Waals surface area contributed by atoms with E-state index in [1.807, 2.05) is 0 Å². The number of aliphatic carboxylic acids is 1. The fourth-order valence-corrected chi connectivity index (χ4v) is 1.49. The highest BCUT2D eigenvalue weighted by Gasteiger charge is 2.29. The van der Waals surface area contributed by atoms with Crippen LogP contribution in [0.5, 0.6) is 0 Å². The van der Waals surface area contributed by atoms with Crippen molar-refractivity contribution in [3.63, 3.8) is 0 Å². The van der Waals surface area contributed by atoms with Crippen molar-refractivity contribution in [3.05, 3.63) is 0 Å². The molecule has 14 heavy (non-hydrogen) atoms. The summed E-state index contributed by atoms with van der Waals surface area (Å²) in [5, 5.41) is 8.48. The van der Waals surface area contributed by atoms with E-state index in [-0.39, 0.29) is 6.42 Å². The van der Waals surface area contributed by atoms with Crippen LogP contribution in [0.25, 0.3) is 0 Å². The molecule has 0 bridgehead atoms. The van der Waals surface area contributed by atoms with Crippen LogP contribution in [-0.4, -0.2) is 31.3 Å². The van der Waals surface area contributed by atoms with Gasteiger partial charge in [-0.25, -0.2) is 8.42 Å². The lowest BCUT2D eigenvalue weighted by atomic mass is 10.2. The highest BCUT2D eigenvalue weighted by molar-refractivity contribution is 7.89. The van der Waals surface area contributed by atoms with Crippen LogP contribution >= 0.6 is 0 Å². The van der Waals surface area contributed by atoms with E-state index in [0.717, 1.165) is 0 Å². The number of alkyl halides is 2. The van der Waals surface area contributed by atoms with Gasteiger partial charge in [-0.15, -0.1) is 0 Å². The number of sulfonamides is 1. The first-order valence-electron chi connectivity index (χ1n) is 3.83. The van der Waals surface area contributed by atoms with E-state index in [0.29, 0.717) is 6.42 Å². The van der Waals surface area contributed by atoms with Gasteiger partial charge in [0.25, 0.3) is 10.0 Å². The molecule has 2 N–H and O–H groups in total. The Labute approximate surface area is 80.2 Å². The number of carboxylic acids is 1. The molecule has 0 aromatic carbocycles. The van der Waals surface area contributed by atoms with E-state index in [2.05, 4.69) is 0 Å². The molecule has 0 amide bonds. The monoisotopic (exact) mass is 231 g/mol. The highest BCUT2D eigenvalue weighted by Crippen LogP contribution is 2.06. The molecule has 0 heterocycles. The first-order valence-corrected chi connectivity index (χ1v) is 5.38. The van der Waals surface area contributed by atoms with E-state index in [1.165, 1.54) is 4.72 Å². The second-order valence-electron chi connectivity index (χ2n) is 2.60. The molecule has 0 aromatic rings. The van der Waals surface area contributed by atoms with Crippen LogP contribution in [0, 0.1) is 0 Å². The molecule has 0 aliphatic carbocycles. The number of halogens is 2. The second kappa shape index (κ2) is 5.20. The predicted octanol–water partition coefficient (Wildman–Crippen LogP) is 0.382. The largest absolute Gasteiger partial charge is 0.480 e. The van der Waals surface area contributed by atoms with Crippen LogP contribution in [0.2, 0.25) is 0 Å². The molecule has 0 aliphatic heterocycles. The lowest BCUT2D eigenvalue weighted by Gasteiger charge is -2.12. The Bertz CT molecular complexity index is 290. The number of nitrogens with one attached hydrogen (secondary N) is 1. The molecule has 0 radical (unpaired) electrons. The molecule has 5 nitrogen and oxygen atoms in total. The standard InChI is InChI=1S/C6H11F2NO4S/c1-2-3-4(5(10)11)9-14(12,13)6(7)8/h4,6,9H,2-3H2,1H3,(H,10,11)/t4-/m1/s1. The minimum absolute atomic E-state index is 0.0265. The Balaban J connectivity index is 4.53. The zero-order valence-electron chi connectivity index (χ0n) is 7.41. The van der Waals surface area contributed by atoms with Gasteiger partial charge >= 0.3 is 11.7 Å². The lowest BCUT2D eigenvalue weighted by Crippen LogP contribution is -2.43. The van der Waals surface area contributed by atoms with Crippen LogP contribution in [0.3, 0.4) is 0 Å². The zero-order valence-corrected chi connectivity index (χ0v) is 8.22. The summed E-state index contributed by atoms with van der Waals surface area (Å²) in [5.74, 6) is -5.07. The Hall–Kier alpha value is -0.760. The molecular weight excluding hydrogens is 220 g/mol. The average molecular weight is 231 g/mol. The first kappa shape index (κ1) is 13.2. The summed E-state index contributed by atoms with van der Waals surface area (Å²) < 4.78 is 46.3. The van der Waals surface area contributed by atoms with Gasteiger partial charge in [0.1, 0.15) is 6.04 Å². The van der Waals surface area contributed by atoms with Gasteiger partial charge in [0.2, 0.25) is 0 Å². The molecule has 0 aromatic heterocycles. The van der Waals surface area contributed by atoms with Gasteiger partial charge < -0.3 is 5.11 Å². The second-order valence-corrected chi connectivity index (χ2v) is 4.29. The average Bonchev–Trinajstić information content (AvgIpc) is 2.02. The minimum atomic E-state index is -4.83. The van der Waals surface area contributed by atoms with Crippen molar-refractivity contribution in [1.29, 1.82) is 0 Å².